The van der Waals surface area contributed by atoms with E-state index in [1.807, 2.05) is 31.2 Å². The molecule has 1 fully saturated rings. The van der Waals surface area contributed by atoms with Crippen LogP contribution in [0.4, 0.5) is 13.2 Å². The largest absolute Gasteiger partial charge is 0.393 e. The van der Waals surface area contributed by atoms with Gasteiger partial charge < -0.3 is 5.32 Å². The van der Waals surface area contributed by atoms with Gasteiger partial charge >= 0.3 is 6.18 Å². The summed E-state index contributed by atoms with van der Waals surface area (Å²) in [5.74, 6) is -2.12. The average Bonchev–Trinajstić information content (AvgIpc) is 2.90. The molecule has 8 heteroatoms. The van der Waals surface area contributed by atoms with Crippen molar-refractivity contribution in [3.05, 3.63) is 51.8 Å². The van der Waals surface area contributed by atoms with Crippen LogP contribution in [0.5, 0.6) is 0 Å². The third-order valence-corrected chi connectivity index (χ3v) is 5.63. The second-order valence-corrected chi connectivity index (χ2v) is 7.76. The molecule has 4 nitrogen and oxygen atoms in total. The van der Waals surface area contributed by atoms with E-state index in [2.05, 4.69) is 10.4 Å². The van der Waals surface area contributed by atoms with Crippen molar-refractivity contribution in [1.29, 1.82) is 0 Å². The maximum absolute atomic E-state index is 13.3. The molecule has 2 unspecified atom stereocenters. The lowest BCUT2D eigenvalue weighted by Crippen LogP contribution is -2.47. The summed E-state index contributed by atoms with van der Waals surface area (Å²) in [5.41, 5.74) is 2.62. The van der Waals surface area contributed by atoms with Crippen molar-refractivity contribution >= 4 is 17.5 Å². The number of nitrogens with zero attached hydrogens (tertiary/aromatic N) is 2. The summed E-state index contributed by atoms with van der Waals surface area (Å²) in [6.45, 7) is 3.99. The average molecular weight is 414 g/mol. The number of aromatic nitrogens is 2. The van der Waals surface area contributed by atoms with Crippen molar-refractivity contribution in [2.24, 2.45) is 5.92 Å². The molecule has 28 heavy (non-hydrogen) atoms. The molecule has 1 aliphatic rings. The van der Waals surface area contributed by atoms with Gasteiger partial charge in [0.25, 0.3) is 5.91 Å². The van der Waals surface area contributed by atoms with E-state index in [1.165, 1.54) is 4.68 Å². The fourth-order valence-electron chi connectivity index (χ4n) is 3.72. The fraction of sp³-hybridized carbons (Fsp3) is 0.500. The maximum Gasteiger partial charge on any atom is 0.393 e. The normalized spacial score (nSPS) is 20.2. The van der Waals surface area contributed by atoms with Gasteiger partial charge in [-0.1, -0.05) is 54.3 Å². The van der Waals surface area contributed by atoms with Crippen molar-refractivity contribution < 1.29 is 18.0 Å². The first-order valence-corrected chi connectivity index (χ1v) is 9.70. The quantitative estimate of drug-likeness (QED) is 0.762. The van der Waals surface area contributed by atoms with Gasteiger partial charge in [0.05, 0.1) is 23.7 Å². The van der Waals surface area contributed by atoms with Crippen LogP contribution < -0.4 is 5.32 Å². The summed E-state index contributed by atoms with van der Waals surface area (Å²) >= 11 is 6.37. The Bertz CT molecular complexity index is 846. The number of aryl methyl sites for hydroxylation is 2. The number of rotatable bonds is 4. The van der Waals surface area contributed by atoms with Gasteiger partial charge in [0.2, 0.25) is 0 Å². The highest BCUT2D eigenvalue weighted by molar-refractivity contribution is 6.33. The van der Waals surface area contributed by atoms with Crippen LogP contribution in [0.25, 0.3) is 0 Å². The SMILES string of the molecule is Cc1ccc(Cn2nc(C)c(C(=O)NC3CCCCC3C(F)(F)F)c2Cl)cc1. The molecule has 152 valence electrons. The van der Waals surface area contributed by atoms with Gasteiger partial charge in [0, 0.05) is 6.04 Å². The number of halogens is 4. The number of carbonyl (C=O) groups excluding carboxylic acids is 1. The summed E-state index contributed by atoms with van der Waals surface area (Å²) in [4.78, 5) is 12.7. The molecule has 0 aliphatic heterocycles. The van der Waals surface area contributed by atoms with Crippen molar-refractivity contribution in [3.8, 4) is 0 Å². The summed E-state index contributed by atoms with van der Waals surface area (Å²) in [6, 6.07) is 6.88. The molecule has 1 amide bonds. The summed E-state index contributed by atoms with van der Waals surface area (Å²) < 4.78 is 41.3. The molecule has 2 aromatic rings. The van der Waals surface area contributed by atoms with Crippen molar-refractivity contribution in [2.45, 2.75) is 58.3 Å². The number of hydrogen-bond donors (Lipinski definition) is 1. The second kappa shape index (κ2) is 8.15. The zero-order chi connectivity index (χ0) is 20.5. The van der Waals surface area contributed by atoms with E-state index >= 15 is 0 Å². The van der Waals surface area contributed by atoms with Gasteiger partial charge in [-0.05, 0) is 32.3 Å². The maximum atomic E-state index is 13.3. The second-order valence-electron chi connectivity index (χ2n) is 7.41. The van der Waals surface area contributed by atoms with Gasteiger partial charge in [-0.25, -0.2) is 4.68 Å². The van der Waals surface area contributed by atoms with Gasteiger partial charge in [0.15, 0.2) is 0 Å². The molecule has 0 bridgehead atoms. The Morgan fingerprint density at radius 3 is 2.50 bits per heavy atom. The highest BCUT2D eigenvalue weighted by Crippen LogP contribution is 2.38. The van der Waals surface area contributed by atoms with E-state index in [0.29, 0.717) is 31.5 Å². The highest BCUT2D eigenvalue weighted by Gasteiger charge is 2.46. The number of amides is 1. The Labute approximate surface area is 167 Å². The van der Waals surface area contributed by atoms with E-state index in [0.717, 1.165) is 11.1 Å². The third-order valence-electron chi connectivity index (χ3n) is 5.25. The minimum Gasteiger partial charge on any atom is -0.349 e. The van der Waals surface area contributed by atoms with E-state index < -0.39 is 24.0 Å². The molecule has 1 aromatic heterocycles. The molecule has 3 rings (SSSR count). The Morgan fingerprint density at radius 2 is 1.86 bits per heavy atom. The summed E-state index contributed by atoms with van der Waals surface area (Å²) in [7, 11) is 0. The van der Waals surface area contributed by atoms with Gasteiger partial charge in [-0.2, -0.15) is 18.3 Å². The number of alkyl halides is 3. The van der Waals surface area contributed by atoms with E-state index in [4.69, 9.17) is 11.6 Å². The fourth-order valence-corrected chi connectivity index (χ4v) is 4.04. The minimum absolute atomic E-state index is 0.0356. The first-order chi connectivity index (χ1) is 13.2. The Morgan fingerprint density at radius 1 is 1.21 bits per heavy atom. The molecule has 1 heterocycles. The summed E-state index contributed by atoms with van der Waals surface area (Å²) in [6.07, 6.45) is -2.80. The van der Waals surface area contributed by atoms with Crippen LogP contribution >= 0.6 is 11.6 Å². The molecule has 0 saturated heterocycles. The molecule has 2 atom stereocenters. The molecule has 1 aromatic carbocycles. The molecule has 1 saturated carbocycles. The number of benzene rings is 1. The Kier molecular flexibility index (Phi) is 6.03. The van der Waals surface area contributed by atoms with E-state index in [1.54, 1.807) is 6.92 Å². The number of carbonyl (C=O) groups is 1. The zero-order valence-corrected chi connectivity index (χ0v) is 16.6. The van der Waals surface area contributed by atoms with Gasteiger partial charge in [-0.15, -0.1) is 0 Å². The van der Waals surface area contributed by atoms with Crippen molar-refractivity contribution in [2.75, 3.05) is 0 Å². The standard InChI is InChI=1S/C20H23ClF3N3O/c1-12-7-9-14(10-8-12)11-27-18(21)17(13(2)26-27)19(28)25-16-6-4-3-5-15(16)20(22,23)24/h7-10,15-16H,3-6,11H2,1-2H3,(H,25,28). The van der Waals surface area contributed by atoms with Crippen molar-refractivity contribution in [1.82, 2.24) is 15.1 Å². The van der Waals surface area contributed by atoms with Crippen LogP contribution in [0.3, 0.4) is 0 Å². The van der Waals surface area contributed by atoms with Crippen LogP contribution in [-0.2, 0) is 6.54 Å². The smallest absolute Gasteiger partial charge is 0.349 e. The van der Waals surface area contributed by atoms with Gasteiger partial charge in [0.1, 0.15) is 5.15 Å². The third kappa shape index (κ3) is 4.51. The lowest BCUT2D eigenvalue weighted by Gasteiger charge is -2.33. The molecule has 0 spiro atoms. The molecule has 1 aliphatic carbocycles. The van der Waals surface area contributed by atoms with E-state index in [9.17, 15) is 18.0 Å². The summed E-state index contributed by atoms with van der Waals surface area (Å²) in [5, 5.41) is 7.01. The Hall–Kier alpha value is -2.02. The lowest BCUT2D eigenvalue weighted by molar-refractivity contribution is -0.187. The van der Waals surface area contributed by atoms with Crippen LogP contribution in [0.1, 0.15) is 52.9 Å². The molecular weight excluding hydrogens is 391 g/mol. The molecule has 0 radical (unpaired) electrons. The van der Waals surface area contributed by atoms with Crippen LogP contribution in [-0.4, -0.2) is 27.9 Å². The van der Waals surface area contributed by atoms with Gasteiger partial charge in [-0.3, -0.25) is 4.79 Å². The highest BCUT2D eigenvalue weighted by atomic mass is 35.5. The van der Waals surface area contributed by atoms with E-state index in [-0.39, 0.29) is 17.1 Å². The molecule has 1 N–H and O–H groups in total. The number of nitrogens with one attached hydrogen (secondary N) is 1. The Balaban J connectivity index is 1.78. The minimum atomic E-state index is -4.33. The van der Waals surface area contributed by atoms with Crippen LogP contribution in [0, 0.1) is 19.8 Å². The first kappa shape index (κ1) is 20.7. The number of hydrogen-bond acceptors (Lipinski definition) is 2. The predicted octanol–water partition coefficient (Wildman–Crippen LogP) is 5.05. The predicted molar refractivity (Wildman–Crippen MR) is 102 cm³/mol. The van der Waals surface area contributed by atoms with Crippen LogP contribution in [0.2, 0.25) is 5.15 Å². The zero-order valence-electron chi connectivity index (χ0n) is 15.8. The lowest BCUT2D eigenvalue weighted by atomic mass is 9.84. The topological polar surface area (TPSA) is 46.9 Å². The monoisotopic (exact) mass is 413 g/mol. The van der Waals surface area contributed by atoms with Crippen LogP contribution in [0.15, 0.2) is 24.3 Å². The first-order valence-electron chi connectivity index (χ1n) is 9.33. The molecular formula is C20H23ClF3N3O. The van der Waals surface area contributed by atoms with Crippen molar-refractivity contribution in [3.63, 3.8) is 0 Å².